The van der Waals surface area contributed by atoms with Gasteiger partial charge in [-0.3, -0.25) is 14.9 Å². The highest BCUT2D eigenvalue weighted by molar-refractivity contribution is 5.91. The topological polar surface area (TPSA) is 129 Å². The second kappa shape index (κ2) is 11.2. The van der Waals surface area contributed by atoms with E-state index >= 15 is 0 Å². The van der Waals surface area contributed by atoms with Crippen molar-refractivity contribution >= 4 is 23.8 Å². The molecule has 0 aliphatic carbocycles. The van der Waals surface area contributed by atoms with E-state index in [1.807, 2.05) is 0 Å². The molecule has 3 rings (SSSR count). The van der Waals surface area contributed by atoms with Gasteiger partial charge in [0.2, 0.25) is 0 Å². The van der Waals surface area contributed by atoms with Gasteiger partial charge in [-0.1, -0.05) is 12.1 Å². The number of carbonyl (C=O) groups is 2. The van der Waals surface area contributed by atoms with Crippen LogP contribution in [-0.4, -0.2) is 36.2 Å². The van der Waals surface area contributed by atoms with Gasteiger partial charge >= 0.3 is 5.97 Å². The number of methoxy groups -OCH3 is 1. The number of benzene rings is 3. The first kappa shape index (κ1) is 23.9. The highest BCUT2D eigenvalue weighted by Crippen LogP contribution is 2.19. The fraction of sp³-hybridized carbons (Fsp3) is 0.125. The molecule has 0 aromatic heterocycles. The van der Waals surface area contributed by atoms with Crippen LogP contribution >= 0.6 is 0 Å². The van der Waals surface area contributed by atoms with Crippen LogP contribution in [0.5, 0.6) is 17.2 Å². The lowest BCUT2D eigenvalue weighted by atomic mass is 10.2. The van der Waals surface area contributed by atoms with E-state index in [0.717, 1.165) is 0 Å². The minimum atomic E-state index is -0.893. The van der Waals surface area contributed by atoms with Crippen LogP contribution in [0.25, 0.3) is 0 Å². The number of non-ortho nitro benzene ring substituents is 1. The lowest BCUT2D eigenvalue weighted by molar-refractivity contribution is -0.384. The summed E-state index contributed by atoms with van der Waals surface area (Å²) in [6, 6.07) is 18.5. The molecule has 0 aliphatic heterocycles. The second-order valence-electron chi connectivity index (χ2n) is 6.94. The van der Waals surface area contributed by atoms with Crippen molar-refractivity contribution in [2.24, 2.45) is 5.10 Å². The molecule has 1 unspecified atom stereocenters. The molecule has 10 nitrogen and oxygen atoms in total. The number of carbonyl (C=O) groups excluding carboxylic acids is 2. The molecule has 0 aliphatic rings. The summed E-state index contributed by atoms with van der Waals surface area (Å²) in [4.78, 5) is 34.7. The third-order valence-electron chi connectivity index (χ3n) is 4.51. The van der Waals surface area contributed by atoms with Gasteiger partial charge in [0, 0.05) is 12.1 Å². The molecule has 34 heavy (non-hydrogen) atoms. The molecule has 0 bridgehead atoms. The summed E-state index contributed by atoms with van der Waals surface area (Å²) in [7, 11) is 1.54. The van der Waals surface area contributed by atoms with Crippen LogP contribution in [0.1, 0.15) is 22.8 Å². The summed E-state index contributed by atoms with van der Waals surface area (Å²) in [5.41, 5.74) is 3.23. The molecule has 0 radical (unpaired) electrons. The van der Waals surface area contributed by atoms with E-state index in [1.54, 1.807) is 48.5 Å². The van der Waals surface area contributed by atoms with Gasteiger partial charge in [0.25, 0.3) is 11.6 Å². The van der Waals surface area contributed by atoms with Gasteiger partial charge in [-0.15, -0.1) is 0 Å². The molecule has 1 N–H and O–H groups in total. The van der Waals surface area contributed by atoms with Gasteiger partial charge in [-0.2, -0.15) is 5.10 Å². The number of hydrogen-bond acceptors (Lipinski definition) is 8. The van der Waals surface area contributed by atoms with E-state index in [1.165, 1.54) is 44.5 Å². The Hall–Kier alpha value is -4.73. The Kier molecular flexibility index (Phi) is 7.90. The van der Waals surface area contributed by atoms with Crippen molar-refractivity contribution < 1.29 is 28.7 Å². The number of hydrogen-bond donors (Lipinski definition) is 1. The second-order valence-corrected chi connectivity index (χ2v) is 6.94. The maximum Gasteiger partial charge on any atom is 0.343 e. The van der Waals surface area contributed by atoms with Gasteiger partial charge in [0.05, 0.1) is 23.8 Å². The fourth-order valence-electron chi connectivity index (χ4n) is 2.72. The van der Waals surface area contributed by atoms with Crippen molar-refractivity contribution in [1.82, 2.24) is 5.43 Å². The Morgan fingerprint density at radius 3 is 2.32 bits per heavy atom. The number of esters is 1. The summed E-state index contributed by atoms with van der Waals surface area (Å²) < 4.78 is 15.9. The van der Waals surface area contributed by atoms with Crippen LogP contribution in [0.4, 0.5) is 5.69 Å². The number of nitrogens with zero attached hydrogens (tertiary/aromatic N) is 2. The van der Waals surface area contributed by atoms with Crippen LogP contribution in [0.2, 0.25) is 0 Å². The molecular formula is C24H21N3O7. The Balaban J connectivity index is 1.53. The number of nitrogens with one attached hydrogen (secondary N) is 1. The molecule has 1 atom stereocenters. The van der Waals surface area contributed by atoms with Crippen LogP contribution in [0.3, 0.4) is 0 Å². The minimum absolute atomic E-state index is 0.0778. The average molecular weight is 463 g/mol. The highest BCUT2D eigenvalue weighted by Gasteiger charge is 2.15. The van der Waals surface area contributed by atoms with Crippen molar-refractivity contribution in [3.8, 4) is 17.2 Å². The quantitative estimate of drug-likeness (QED) is 0.168. The molecular weight excluding hydrogens is 442 g/mol. The number of nitro benzene ring substituents is 1. The third-order valence-corrected chi connectivity index (χ3v) is 4.51. The van der Waals surface area contributed by atoms with E-state index in [2.05, 4.69) is 10.5 Å². The largest absolute Gasteiger partial charge is 0.497 e. The van der Waals surface area contributed by atoms with E-state index in [0.29, 0.717) is 28.4 Å². The Bertz CT molecular complexity index is 1190. The molecule has 1 amide bonds. The average Bonchev–Trinajstić information content (AvgIpc) is 2.84. The van der Waals surface area contributed by atoms with Crippen LogP contribution in [-0.2, 0) is 4.79 Å². The molecule has 10 heteroatoms. The van der Waals surface area contributed by atoms with E-state index < -0.39 is 22.9 Å². The molecule has 0 heterocycles. The zero-order chi connectivity index (χ0) is 24.5. The van der Waals surface area contributed by atoms with Crippen molar-refractivity contribution in [3.63, 3.8) is 0 Å². The number of rotatable bonds is 9. The highest BCUT2D eigenvalue weighted by atomic mass is 16.6. The van der Waals surface area contributed by atoms with Crippen LogP contribution in [0, 0.1) is 10.1 Å². The normalized spacial score (nSPS) is 11.5. The maximum atomic E-state index is 12.3. The maximum absolute atomic E-state index is 12.3. The SMILES string of the molecule is COc1ccc(C(=O)Oc2cccc(C=NNC(=O)C(C)Oc3ccc([N+](=O)[O-])cc3)c2)cc1. The molecule has 3 aromatic carbocycles. The zero-order valence-corrected chi connectivity index (χ0v) is 18.3. The summed E-state index contributed by atoms with van der Waals surface area (Å²) >= 11 is 0. The summed E-state index contributed by atoms with van der Waals surface area (Å²) in [6.45, 7) is 1.52. The van der Waals surface area contributed by atoms with Crippen molar-refractivity contribution in [2.45, 2.75) is 13.0 Å². The van der Waals surface area contributed by atoms with Gasteiger partial charge in [-0.25, -0.2) is 10.2 Å². The standard InChI is InChI=1S/C24H21N3O7/c1-16(33-21-12-8-19(9-13-21)27(30)31)23(28)26-25-15-17-4-3-5-22(14-17)34-24(29)18-6-10-20(32-2)11-7-18/h3-16H,1-2H3,(H,26,28). The monoisotopic (exact) mass is 463 g/mol. The number of amides is 1. The van der Waals surface area contributed by atoms with Crippen LogP contribution < -0.4 is 19.6 Å². The minimum Gasteiger partial charge on any atom is -0.497 e. The molecule has 0 spiro atoms. The Morgan fingerprint density at radius 1 is 1.00 bits per heavy atom. The van der Waals surface area contributed by atoms with Gasteiger partial charge in [0.1, 0.15) is 17.2 Å². The number of ether oxygens (including phenoxy) is 3. The molecule has 0 saturated carbocycles. The number of hydrazone groups is 1. The lowest BCUT2D eigenvalue weighted by Crippen LogP contribution is -2.33. The van der Waals surface area contributed by atoms with Crippen molar-refractivity contribution in [1.29, 1.82) is 0 Å². The molecule has 3 aromatic rings. The van der Waals surface area contributed by atoms with E-state index in [-0.39, 0.29) is 5.69 Å². The number of nitro groups is 1. The summed E-state index contributed by atoms with van der Waals surface area (Å²) in [5, 5.41) is 14.6. The van der Waals surface area contributed by atoms with Crippen molar-refractivity contribution in [2.75, 3.05) is 7.11 Å². The van der Waals surface area contributed by atoms with E-state index in [4.69, 9.17) is 14.2 Å². The van der Waals surface area contributed by atoms with E-state index in [9.17, 15) is 19.7 Å². The van der Waals surface area contributed by atoms with Crippen LogP contribution in [0.15, 0.2) is 77.9 Å². The Labute approximate surface area is 194 Å². The molecule has 0 saturated heterocycles. The van der Waals surface area contributed by atoms with Crippen molar-refractivity contribution in [3.05, 3.63) is 94.0 Å². The lowest BCUT2D eigenvalue weighted by Gasteiger charge is -2.12. The molecule has 0 fully saturated rings. The molecule has 174 valence electrons. The first-order valence-electron chi connectivity index (χ1n) is 10.1. The first-order valence-corrected chi connectivity index (χ1v) is 10.1. The fourth-order valence-corrected chi connectivity index (χ4v) is 2.72. The first-order chi connectivity index (χ1) is 16.4. The third kappa shape index (κ3) is 6.63. The smallest absolute Gasteiger partial charge is 0.343 e. The zero-order valence-electron chi connectivity index (χ0n) is 18.3. The predicted octanol–water partition coefficient (Wildman–Crippen LogP) is 3.74. The van der Waals surface area contributed by atoms with Gasteiger partial charge < -0.3 is 14.2 Å². The van der Waals surface area contributed by atoms with Gasteiger partial charge in [0.15, 0.2) is 6.10 Å². The summed E-state index contributed by atoms with van der Waals surface area (Å²) in [5.74, 6) is 0.206. The predicted molar refractivity (Wildman–Crippen MR) is 123 cm³/mol. The van der Waals surface area contributed by atoms with Gasteiger partial charge in [-0.05, 0) is 61.0 Å². The Morgan fingerprint density at radius 2 is 1.68 bits per heavy atom. The summed E-state index contributed by atoms with van der Waals surface area (Å²) in [6.07, 6.45) is 0.497.